The fraction of sp³-hybridized carbons (Fsp3) is 0.269. The number of pyridine rings is 1. The van der Waals surface area contributed by atoms with Crippen LogP contribution >= 0.6 is 12.6 Å². The van der Waals surface area contributed by atoms with E-state index in [2.05, 4.69) is 84.4 Å². The summed E-state index contributed by atoms with van der Waals surface area (Å²) < 4.78 is 0. The lowest BCUT2D eigenvalue weighted by Gasteiger charge is -2.22. The first kappa shape index (κ1) is 20.9. The van der Waals surface area contributed by atoms with E-state index < -0.39 is 0 Å². The van der Waals surface area contributed by atoms with Crippen molar-refractivity contribution in [2.75, 3.05) is 16.9 Å². The Hall–Kier alpha value is -2.96. The molecule has 164 valence electrons. The van der Waals surface area contributed by atoms with Crippen molar-refractivity contribution in [3.8, 4) is 0 Å². The van der Waals surface area contributed by atoms with Crippen LogP contribution in [0.3, 0.4) is 0 Å². The molecule has 2 aromatic carbocycles. The van der Waals surface area contributed by atoms with Gasteiger partial charge in [-0.3, -0.25) is 4.98 Å². The molecular weight excluding hydrogens is 414 g/mol. The summed E-state index contributed by atoms with van der Waals surface area (Å²) >= 11 is 4.65. The molecule has 0 bridgehead atoms. The summed E-state index contributed by atoms with van der Waals surface area (Å²) in [5.74, 6) is 6.46. The van der Waals surface area contributed by atoms with E-state index in [9.17, 15) is 0 Å². The Labute approximate surface area is 194 Å². The highest BCUT2D eigenvalue weighted by Crippen LogP contribution is 2.38. The Bertz CT molecular complexity index is 1280. The predicted octanol–water partition coefficient (Wildman–Crippen LogP) is 5.76. The summed E-state index contributed by atoms with van der Waals surface area (Å²) in [6.45, 7) is 4.99. The number of para-hydroxylation sites is 1. The summed E-state index contributed by atoms with van der Waals surface area (Å²) in [6.07, 6.45) is 6.91. The SMILES string of the molecule is Cc1cc(Nc2ccnc3c2CCC3S)ccc1N(N)CCc1c[nH]c2c(C)cccc12. The number of rotatable bonds is 6. The molecule has 6 heteroatoms. The average molecular weight is 444 g/mol. The molecule has 1 unspecified atom stereocenters. The standard InChI is InChI=1S/C26H29N5S/c1-16-4-3-5-20-18(15-29-25(16)20)11-13-31(27)23-8-6-19(14-17(23)2)30-22-10-12-28-26-21(22)7-9-24(26)32/h3-6,8,10,12,14-15,24,29,32H,7,9,11,13,27H2,1-2H3,(H,28,30). The zero-order chi connectivity index (χ0) is 22.2. The van der Waals surface area contributed by atoms with Gasteiger partial charge in [-0.25, -0.2) is 5.84 Å². The van der Waals surface area contributed by atoms with Gasteiger partial charge in [0.05, 0.1) is 11.4 Å². The monoisotopic (exact) mass is 443 g/mol. The molecule has 32 heavy (non-hydrogen) atoms. The van der Waals surface area contributed by atoms with Crippen molar-refractivity contribution in [2.24, 2.45) is 5.84 Å². The van der Waals surface area contributed by atoms with Crippen LogP contribution in [0.25, 0.3) is 10.9 Å². The zero-order valence-electron chi connectivity index (χ0n) is 18.5. The Morgan fingerprint density at radius 1 is 1.19 bits per heavy atom. The van der Waals surface area contributed by atoms with Crippen LogP contribution in [0, 0.1) is 13.8 Å². The van der Waals surface area contributed by atoms with Crippen molar-refractivity contribution < 1.29 is 0 Å². The van der Waals surface area contributed by atoms with E-state index in [0.717, 1.165) is 54.1 Å². The topological polar surface area (TPSA) is 70.0 Å². The quantitative estimate of drug-likeness (QED) is 0.174. The number of hydrogen-bond donors (Lipinski definition) is 4. The largest absolute Gasteiger partial charge is 0.361 e. The maximum atomic E-state index is 6.46. The average Bonchev–Trinajstić information content (AvgIpc) is 3.37. The van der Waals surface area contributed by atoms with Crippen LogP contribution in [-0.4, -0.2) is 16.5 Å². The van der Waals surface area contributed by atoms with Gasteiger partial charge in [-0.05, 0) is 79.6 Å². The number of hydrazine groups is 1. The lowest BCUT2D eigenvalue weighted by Crippen LogP contribution is -2.33. The number of hydrogen-bond acceptors (Lipinski definition) is 5. The van der Waals surface area contributed by atoms with Crippen molar-refractivity contribution >= 4 is 40.6 Å². The molecule has 0 saturated carbocycles. The molecular formula is C26H29N5S. The van der Waals surface area contributed by atoms with E-state index in [-0.39, 0.29) is 5.25 Å². The molecule has 0 amide bonds. The molecule has 2 aromatic heterocycles. The first-order chi connectivity index (χ1) is 15.5. The Balaban J connectivity index is 1.29. The third-order valence-corrected chi connectivity index (χ3v) is 6.99. The molecule has 0 spiro atoms. The highest BCUT2D eigenvalue weighted by molar-refractivity contribution is 7.80. The highest BCUT2D eigenvalue weighted by atomic mass is 32.1. The molecule has 5 rings (SSSR count). The number of anilines is 3. The minimum absolute atomic E-state index is 0.239. The van der Waals surface area contributed by atoms with E-state index in [1.165, 1.54) is 27.6 Å². The predicted molar refractivity (Wildman–Crippen MR) is 137 cm³/mol. The van der Waals surface area contributed by atoms with E-state index in [1.54, 1.807) is 0 Å². The van der Waals surface area contributed by atoms with E-state index in [0.29, 0.717) is 0 Å². The summed E-state index contributed by atoms with van der Waals surface area (Å²) in [7, 11) is 0. The van der Waals surface area contributed by atoms with Crippen molar-refractivity contribution in [1.29, 1.82) is 0 Å². The molecule has 4 N–H and O–H groups in total. The van der Waals surface area contributed by atoms with Gasteiger partial charge < -0.3 is 15.3 Å². The van der Waals surface area contributed by atoms with Gasteiger partial charge in [0.2, 0.25) is 0 Å². The van der Waals surface area contributed by atoms with Crippen LogP contribution in [0.4, 0.5) is 17.1 Å². The Morgan fingerprint density at radius 3 is 2.91 bits per heavy atom. The van der Waals surface area contributed by atoms with Crippen molar-refractivity contribution in [1.82, 2.24) is 9.97 Å². The molecule has 2 heterocycles. The number of aromatic amines is 1. The Morgan fingerprint density at radius 2 is 2.06 bits per heavy atom. The van der Waals surface area contributed by atoms with Crippen LogP contribution in [0.5, 0.6) is 0 Å². The first-order valence-electron chi connectivity index (χ1n) is 11.1. The number of benzene rings is 2. The van der Waals surface area contributed by atoms with Crippen molar-refractivity contribution in [2.45, 2.75) is 38.4 Å². The number of fused-ring (bicyclic) bond motifs is 2. The smallest absolute Gasteiger partial charge is 0.0583 e. The fourth-order valence-corrected chi connectivity index (χ4v) is 5.09. The number of nitrogens with one attached hydrogen (secondary N) is 2. The number of nitrogens with two attached hydrogens (primary N) is 1. The number of nitrogens with zero attached hydrogens (tertiary/aromatic N) is 2. The molecule has 4 aromatic rings. The summed E-state index contributed by atoms with van der Waals surface area (Å²) in [6, 6.07) is 14.8. The summed E-state index contributed by atoms with van der Waals surface area (Å²) in [4.78, 5) is 7.93. The van der Waals surface area contributed by atoms with Crippen molar-refractivity contribution in [3.05, 3.63) is 82.8 Å². The lowest BCUT2D eigenvalue weighted by atomic mass is 10.1. The molecule has 0 fully saturated rings. The van der Waals surface area contributed by atoms with Gasteiger partial charge in [0.25, 0.3) is 0 Å². The summed E-state index contributed by atoms with van der Waals surface area (Å²) in [5.41, 5.74) is 10.5. The second-order valence-corrected chi connectivity index (χ2v) is 9.28. The Kier molecular flexibility index (Phi) is 5.57. The molecule has 0 radical (unpaired) electrons. The zero-order valence-corrected chi connectivity index (χ0v) is 19.4. The minimum Gasteiger partial charge on any atom is -0.361 e. The second kappa shape index (κ2) is 8.52. The molecule has 1 atom stereocenters. The minimum atomic E-state index is 0.239. The normalized spacial score (nSPS) is 15.2. The third-order valence-electron chi connectivity index (χ3n) is 6.49. The number of aromatic nitrogens is 2. The van der Waals surface area contributed by atoms with Crippen LogP contribution < -0.4 is 16.2 Å². The van der Waals surface area contributed by atoms with Gasteiger partial charge >= 0.3 is 0 Å². The first-order valence-corrected chi connectivity index (χ1v) is 11.6. The van der Waals surface area contributed by atoms with Gasteiger partial charge in [-0.15, -0.1) is 0 Å². The molecule has 0 saturated heterocycles. The van der Waals surface area contributed by atoms with E-state index >= 15 is 0 Å². The van der Waals surface area contributed by atoms with Gasteiger partial charge in [-0.2, -0.15) is 12.6 Å². The number of H-pyrrole nitrogens is 1. The maximum Gasteiger partial charge on any atom is 0.0583 e. The summed E-state index contributed by atoms with van der Waals surface area (Å²) in [5, 5.41) is 6.94. The maximum absolute atomic E-state index is 6.46. The molecule has 1 aliphatic carbocycles. The van der Waals surface area contributed by atoms with E-state index in [4.69, 9.17) is 5.84 Å². The number of thiol groups is 1. The molecule has 1 aliphatic rings. The fourth-order valence-electron chi connectivity index (χ4n) is 4.74. The van der Waals surface area contributed by atoms with Crippen LogP contribution in [0.2, 0.25) is 0 Å². The lowest BCUT2D eigenvalue weighted by molar-refractivity contribution is 0.824. The molecule has 0 aliphatic heterocycles. The van der Waals surface area contributed by atoms with E-state index in [1.807, 2.05) is 17.3 Å². The van der Waals surface area contributed by atoms with Crippen LogP contribution in [0.15, 0.2) is 54.9 Å². The molecule has 5 nitrogen and oxygen atoms in total. The van der Waals surface area contributed by atoms with Crippen molar-refractivity contribution in [3.63, 3.8) is 0 Å². The van der Waals surface area contributed by atoms with Gasteiger partial charge in [-0.1, -0.05) is 18.2 Å². The third kappa shape index (κ3) is 3.85. The van der Waals surface area contributed by atoms with Gasteiger partial charge in [0.1, 0.15) is 0 Å². The van der Waals surface area contributed by atoms with Gasteiger partial charge in [0, 0.05) is 46.5 Å². The number of aryl methyl sites for hydroxylation is 2. The van der Waals surface area contributed by atoms with Gasteiger partial charge in [0.15, 0.2) is 0 Å². The van der Waals surface area contributed by atoms with Crippen LogP contribution in [0.1, 0.15) is 39.6 Å². The van der Waals surface area contributed by atoms with Crippen LogP contribution in [-0.2, 0) is 12.8 Å². The second-order valence-electron chi connectivity index (χ2n) is 8.66. The highest BCUT2D eigenvalue weighted by Gasteiger charge is 2.23.